The molecule has 1 N–H and O–H groups in total. The molecule has 0 unspecified atom stereocenters. The van der Waals surface area contributed by atoms with Crippen LogP contribution in [-0.2, 0) is 3.79 Å². The second-order valence-corrected chi connectivity index (χ2v) is 9.14. The monoisotopic (exact) mass is 469 g/mol. The van der Waals surface area contributed by atoms with Crippen molar-refractivity contribution in [2.45, 2.75) is 3.79 Å². The number of aliphatic hydroxyl groups excluding tert-OH is 1. The minimum atomic E-state index is -1.80. The van der Waals surface area contributed by atoms with Crippen molar-refractivity contribution < 1.29 is 5.11 Å². The largest absolute Gasteiger partial charge is 0.395 e. The van der Waals surface area contributed by atoms with Crippen LogP contribution < -0.4 is 4.90 Å². The fourth-order valence-electron chi connectivity index (χ4n) is 2.76. The van der Waals surface area contributed by atoms with Crippen LogP contribution >= 0.6 is 58.0 Å². The third kappa shape index (κ3) is 5.48. The molecule has 0 amide bonds. The summed E-state index contributed by atoms with van der Waals surface area (Å²) < 4.78 is -1.80. The van der Waals surface area contributed by atoms with Crippen LogP contribution in [0.3, 0.4) is 0 Å². The molecule has 0 bridgehead atoms. The Hall–Kier alpha value is -0.600. The molecule has 1 aliphatic rings. The Morgan fingerprint density at radius 3 is 2.11 bits per heavy atom. The highest BCUT2D eigenvalue weighted by atomic mass is 35.6. The second-order valence-electron chi connectivity index (χ2n) is 5.99. The highest BCUT2D eigenvalue weighted by Crippen LogP contribution is 2.37. The average Bonchev–Trinajstić information content (AvgIpc) is 2.61. The van der Waals surface area contributed by atoms with Gasteiger partial charge in [-0.05, 0) is 18.2 Å². The molecular formula is C16H16Cl5N5O. The van der Waals surface area contributed by atoms with E-state index in [0.29, 0.717) is 47.0 Å². The van der Waals surface area contributed by atoms with E-state index in [1.54, 1.807) is 18.2 Å². The van der Waals surface area contributed by atoms with E-state index in [1.807, 2.05) is 4.90 Å². The van der Waals surface area contributed by atoms with Gasteiger partial charge in [0.1, 0.15) is 0 Å². The van der Waals surface area contributed by atoms with E-state index in [4.69, 9.17) is 63.1 Å². The van der Waals surface area contributed by atoms with Gasteiger partial charge in [0, 0.05) is 48.3 Å². The van der Waals surface area contributed by atoms with Crippen LogP contribution in [0, 0.1) is 0 Å². The zero-order chi connectivity index (χ0) is 19.6. The van der Waals surface area contributed by atoms with Crippen molar-refractivity contribution in [1.29, 1.82) is 0 Å². The van der Waals surface area contributed by atoms with Crippen LogP contribution in [0.1, 0.15) is 5.82 Å². The van der Waals surface area contributed by atoms with Crippen LogP contribution in [-0.4, -0.2) is 64.3 Å². The number of anilines is 1. The summed E-state index contributed by atoms with van der Waals surface area (Å²) in [6.45, 7) is 3.67. The van der Waals surface area contributed by atoms with Crippen molar-refractivity contribution in [2.75, 3.05) is 44.2 Å². The summed E-state index contributed by atoms with van der Waals surface area (Å²) in [6, 6.07) is 4.99. The number of halogens is 5. The molecule has 1 fully saturated rings. The summed E-state index contributed by atoms with van der Waals surface area (Å²) >= 11 is 30.3. The van der Waals surface area contributed by atoms with Gasteiger partial charge in [0.2, 0.25) is 9.74 Å². The number of hydrogen-bond acceptors (Lipinski definition) is 6. The lowest BCUT2D eigenvalue weighted by Gasteiger charge is -2.34. The van der Waals surface area contributed by atoms with Crippen molar-refractivity contribution in [1.82, 2.24) is 19.9 Å². The number of piperazine rings is 1. The van der Waals surface area contributed by atoms with Gasteiger partial charge in [-0.1, -0.05) is 58.0 Å². The number of rotatable bonds is 4. The van der Waals surface area contributed by atoms with E-state index in [2.05, 4.69) is 19.9 Å². The van der Waals surface area contributed by atoms with E-state index in [1.165, 1.54) is 0 Å². The number of nitrogens with zero attached hydrogens (tertiary/aromatic N) is 5. The maximum atomic E-state index is 9.08. The molecule has 0 radical (unpaired) electrons. The normalized spacial score (nSPS) is 16.0. The van der Waals surface area contributed by atoms with Gasteiger partial charge in [-0.25, -0.2) is 4.98 Å². The topological polar surface area (TPSA) is 65.4 Å². The van der Waals surface area contributed by atoms with Gasteiger partial charge in [-0.2, -0.15) is 9.97 Å². The Balaban J connectivity index is 1.97. The molecule has 27 heavy (non-hydrogen) atoms. The minimum absolute atomic E-state index is 0.0291. The Bertz CT molecular complexity index is 788. The van der Waals surface area contributed by atoms with Gasteiger partial charge in [-0.3, -0.25) is 4.90 Å². The fraction of sp³-hybridized carbons (Fsp3) is 0.438. The summed E-state index contributed by atoms with van der Waals surface area (Å²) in [4.78, 5) is 17.3. The highest BCUT2D eigenvalue weighted by molar-refractivity contribution is 6.66. The maximum Gasteiger partial charge on any atom is 0.250 e. The van der Waals surface area contributed by atoms with Crippen LogP contribution in [0.15, 0.2) is 18.2 Å². The predicted octanol–water partition coefficient (Wildman–Crippen LogP) is 3.79. The Morgan fingerprint density at radius 1 is 0.926 bits per heavy atom. The van der Waals surface area contributed by atoms with E-state index in [9.17, 15) is 0 Å². The zero-order valence-electron chi connectivity index (χ0n) is 14.0. The van der Waals surface area contributed by atoms with Crippen molar-refractivity contribution in [3.05, 3.63) is 34.1 Å². The quantitative estimate of drug-likeness (QED) is 0.685. The molecule has 2 heterocycles. The summed E-state index contributed by atoms with van der Waals surface area (Å²) in [7, 11) is 0. The van der Waals surface area contributed by atoms with E-state index >= 15 is 0 Å². The van der Waals surface area contributed by atoms with E-state index in [-0.39, 0.29) is 12.4 Å². The van der Waals surface area contributed by atoms with Crippen molar-refractivity contribution >= 4 is 64.0 Å². The van der Waals surface area contributed by atoms with Gasteiger partial charge in [0.25, 0.3) is 0 Å². The molecule has 2 aromatic rings. The third-order valence-electron chi connectivity index (χ3n) is 4.07. The van der Waals surface area contributed by atoms with Crippen LogP contribution in [0.25, 0.3) is 11.4 Å². The highest BCUT2D eigenvalue weighted by Gasteiger charge is 2.30. The zero-order valence-corrected chi connectivity index (χ0v) is 17.8. The third-order valence-corrected chi connectivity index (χ3v) is 5.01. The van der Waals surface area contributed by atoms with Crippen LogP contribution in [0.5, 0.6) is 0 Å². The molecule has 3 rings (SSSR count). The van der Waals surface area contributed by atoms with E-state index in [0.717, 1.165) is 13.1 Å². The number of aromatic nitrogens is 3. The van der Waals surface area contributed by atoms with Crippen molar-refractivity contribution in [3.63, 3.8) is 0 Å². The first-order chi connectivity index (χ1) is 12.8. The summed E-state index contributed by atoms with van der Waals surface area (Å²) in [5, 5.41) is 9.98. The fourth-order valence-corrected chi connectivity index (χ4v) is 3.54. The molecule has 146 valence electrons. The number of hydrogen-bond donors (Lipinski definition) is 1. The number of β-amino-alcohol motifs (C(OH)–C–C–N with tert-alkyl or cyclic N) is 1. The molecule has 1 saturated heterocycles. The first-order valence-electron chi connectivity index (χ1n) is 8.14. The van der Waals surface area contributed by atoms with E-state index < -0.39 is 3.79 Å². The molecular weight excluding hydrogens is 455 g/mol. The molecule has 11 heteroatoms. The Morgan fingerprint density at radius 2 is 1.56 bits per heavy atom. The molecule has 0 spiro atoms. The molecule has 0 saturated carbocycles. The standard InChI is InChI=1S/C16H16Cl5N5O/c17-11-7-10(8-12(18)9-11)13-22-14(16(19,20)21)24-15(23-13)26-3-1-25(2-4-26)5-6-27/h7-9,27H,1-6H2. The SMILES string of the molecule is OCCN1CCN(c2nc(-c3cc(Cl)cc(Cl)c3)nc(C(Cl)(Cl)Cl)n2)CC1. The summed E-state index contributed by atoms with van der Waals surface area (Å²) in [5.74, 6) is 0.769. The Kier molecular flexibility index (Phi) is 6.90. The Labute approximate surface area is 182 Å². The second kappa shape index (κ2) is 8.82. The summed E-state index contributed by atoms with van der Waals surface area (Å²) in [5.41, 5.74) is 0.602. The van der Waals surface area contributed by atoms with Gasteiger partial charge < -0.3 is 10.0 Å². The number of alkyl halides is 3. The van der Waals surface area contributed by atoms with Gasteiger partial charge >= 0.3 is 0 Å². The lowest BCUT2D eigenvalue weighted by Crippen LogP contribution is -2.48. The molecule has 0 atom stereocenters. The average molecular weight is 472 g/mol. The predicted molar refractivity (Wildman–Crippen MR) is 110 cm³/mol. The number of aliphatic hydroxyl groups is 1. The number of benzene rings is 1. The molecule has 1 aromatic carbocycles. The van der Waals surface area contributed by atoms with Crippen molar-refractivity contribution in [2.24, 2.45) is 0 Å². The lowest BCUT2D eigenvalue weighted by atomic mass is 10.2. The van der Waals surface area contributed by atoms with Crippen LogP contribution in [0.4, 0.5) is 5.95 Å². The first-order valence-corrected chi connectivity index (χ1v) is 10.0. The van der Waals surface area contributed by atoms with Gasteiger partial charge in [0.15, 0.2) is 11.6 Å². The van der Waals surface area contributed by atoms with Gasteiger partial charge in [-0.15, -0.1) is 0 Å². The molecule has 0 aliphatic carbocycles. The van der Waals surface area contributed by atoms with Crippen molar-refractivity contribution in [3.8, 4) is 11.4 Å². The molecule has 6 nitrogen and oxygen atoms in total. The molecule has 1 aromatic heterocycles. The summed E-state index contributed by atoms with van der Waals surface area (Å²) in [6.07, 6.45) is 0. The van der Waals surface area contributed by atoms with Crippen LogP contribution in [0.2, 0.25) is 10.0 Å². The smallest absolute Gasteiger partial charge is 0.250 e. The maximum absolute atomic E-state index is 9.08. The lowest BCUT2D eigenvalue weighted by molar-refractivity contribution is 0.188. The first kappa shape index (κ1) is 21.1. The minimum Gasteiger partial charge on any atom is -0.395 e. The van der Waals surface area contributed by atoms with Gasteiger partial charge in [0.05, 0.1) is 6.61 Å². The molecule has 1 aliphatic heterocycles.